The number of ether oxygens (including phenoxy) is 1. The van der Waals surface area contributed by atoms with E-state index in [0.29, 0.717) is 11.4 Å². The van der Waals surface area contributed by atoms with Crippen molar-refractivity contribution in [3.8, 4) is 11.5 Å². The zero-order valence-corrected chi connectivity index (χ0v) is 8.25. The number of nitrogens with one attached hydrogen (secondary N) is 1. The van der Waals surface area contributed by atoms with Gasteiger partial charge in [-0.15, -0.1) is 0 Å². The summed E-state index contributed by atoms with van der Waals surface area (Å²) in [6, 6.07) is 6.08. The van der Waals surface area contributed by atoms with E-state index in [1.165, 1.54) is 12.1 Å². The molecule has 0 saturated heterocycles. The van der Waals surface area contributed by atoms with Crippen molar-refractivity contribution < 1.29 is 9.13 Å². The number of aromatic nitrogens is 1. The Balaban J connectivity index is 2.29. The summed E-state index contributed by atoms with van der Waals surface area (Å²) in [6.07, 6.45) is 1.74. The molecule has 2 aromatic rings. The van der Waals surface area contributed by atoms with Crippen molar-refractivity contribution in [3.63, 3.8) is 0 Å². The van der Waals surface area contributed by atoms with Gasteiger partial charge in [-0.1, -0.05) is 0 Å². The van der Waals surface area contributed by atoms with Crippen LogP contribution >= 0.6 is 0 Å². The van der Waals surface area contributed by atoms with Gasteiger partial charge >= 0.3 is 0 Å². The van der Waals surface area contributed by atoms with Crippen molar-refractivity contribution >= 4 is 5.69 Å². The van der Waals surface area contributed by atoms with Crippen LogP contribution in [0.3, 0.4) is 0 Å². The molecule has 0 fully saturated rings. The van der Waals surface area contributed by atoms with E-state index in [4.69, 9.17) is 10.5 Å². The van der Waals surface area contributed by atoms with Crippen LogP contribution in [-0.2, 0) is 0 Å². The quantitative estimate of drug-likeness (QED) is 0.742. The summed E-state index contributed by atoms with van der Waals surface area (Å²) in [6.45, 7) is 1.85. The third-order valence-corrected chi connectivity index (χ3v) is 2.08. The smallest absolute Gasteiger partial charge is 0.167 e. The minimum absolute atomic E-state index is 0.173. The largest absolute Gasteiger partial charge is 0.452 e. The zero-order chi connectivity index (χ0) is 10.8. The normalized spacial score (nSPS) is 10.3. The lowest BCUT2D eigenvalue weighted by Gasteiger charge is -2.06. The maximum atomic E-state index is 13.4. The molecule has 0 aliphatic carbocycles. The van der Waals surface area contributed by atoms with Gasteiger partial charge in [-0.3, -0.25) is 0 Å². The lowest BCUT2D eigenvalue weighted by molar-refractivity contribution is 0.440. The van der Waals surface area contributed by atoms with Crippen molar-refractivity contribution in [1.82, 2.24) is 4.98 Å². The maximum Gasteiger partial charge on any atom is 0.167 e. The summed E-state index contributed by atoms with van der Waals surface area (Å²) in [5.41, 5.74) is 6.66. The van der Waals surface area contributed by atoms with Crippen LogP contribution in [0.15, 0.2) is 30.5 Å². The molecule has 1 aromatic carbocycles. The summed E-state index contributed by atoms with van der Waals surface area (Å²) in [4.78, 5) is 2.95. The van der Waals surface area contributed by atoms with E-state index < -0.39 is 5.82 Å². The molecular formula is C11H11FN2O. The molecule has 1 aromatic heterocycles. The van der Waals surface area contributed by atoms with Crippen LogP contribution in [-0.4, -0.2) is 4.98 Å². The standard InChI is InChI=1S/C11H11FN2O/c1-7-10(4-5-14-7)15-11-3-2-8(13)6-9(11)12/h2-6,14H,13H2,1H3. The van der Waals surface area contributed by atoms with Crippen molar-refractivity contribution in [1.29, 1.82) is 0 Å². The van der Waals surface area contributed by atoms with E-state index in [2.05, 4.69) is 4.98 Å². The molecule has 2 rings (SSSR count). The van der Waals surface area contributed by atoms with E-state index in [9.17, 15) is 4.39 Å². The summed E-state index contributed by atoms with van der Waals surface area (Å²) < 4.78 is 18.7. The molecule has 0 bridgehead atoms. The third kappa shape index (κ3) is 1.93. The fourth-order valence-corrected chi connectivity index (χ4v) is 1.27. The first-order chi connectivity index (χ1) is 7.16. The van der Waals surface area contributed by atoms with Crippen LogP contribution in [0.4, 0.5) is 10.1 Å². The maximum absolute atomic E-state index is 13.4. The zero-order valence-electron chi connectivity index (χ0n) is 8.25. The molecule has 4 heteroatoms. The molecule has 15 heavy (non-hydrogen) atoms. The second-order valence-corrected chi connectivity index (χ2v) is 3.26. The molecule has 0 atom stereocenters. The number of benzene rings is 1. The van der Waals surface area contributed by atoms with Crippen LogP contribution < -0.4 is 10.5 Å². The summed E-state index contributed by atoms with van der Waals surface area (Å²) in [5, 5.41) is 0. The second-order valence-electron chi connectivity index (χ2n) is 3.26. The van der Waals surface area contributed by atoms with E-state index in [0.717, 1.165) is 5.69 Å². The number of hydrogen-bond donors (Lipinski definition) is 2. The van der Waals surface area contributed by atoms with Gasteiger partial charge in [0.15, 0.2) is 11.6 Å². The predicted molar refractivity (Wildman–Crippen MR) is 56.4 cm³/mol. The van der Waals surface area contributed by atoms with Gasteiger partial charge in [0.2, 0.25) is 0 Å². The number of anilines is 1. The molecule has 3 N–H and O–H groups in total. The van der Waals surface area contributed by atoms with Crippen LogP contribution in [0.25, 0.3) is 0 Å². The first-order valence-corrected chi connectivity index (χ1v) is 4.53. The fourth-order valence-electron chi connectivity index (χ4n) is 1.27. The lowest BCUT2D eigenvalue weighted by atomic mass is 10.3. The molecule has 0 unspecified atom stereocenters. The summed E-state index contributed by atoms with van der Waals surface area (Å²) in [7, 11) is 0. The summed E-state index contributed by atoms with van der Waals surface area (Å²) in [5.74, 6) is 0.321. The molecule has 0 aliphatic heterocycles. The molecule has 0 saturated carbocycles. The van der Waals surface area contributed by atoms with Crippen LogP contribution in [0, 0.1) is 12.7 Å². The number of rotatable bonds is 2. The molecule has 0 spiro atoms. The highest BCUT2D eigenvalue weighted by Crippen LogP contribution is 2.27. The first-order valence-electron chi connectivity index (χ1n) is 4.53. The second kappa shape index (κ2) is 3.65. The van der Waals surface area contributed by atoms with Crippen molar-refractivity contribution in [2.75, 3.05) is 5.73 Å². The Labute approximate surface area is 86.7 Å². The third-order valence-electron chi connectivity index (χ3n) is 2.08. The number of halogens is 1. The van der Waals surface area contributed by atoms with E-state index in [1.54, 1.807) is 18.3 Å². The SMILES string of the molecule is Cc1[nH]ccc1Oc1ccc(N)cc1F. The molecule has 0 radical (unpaired) electrons. The monoisotopic (exact) mass is 206 g/mol. The Bertz CT molecular complexity index is 479. The molecular weight excluding hydrogens is 195 g/mol. The minimum Gasteiger partial charge on any atom is -0.452 e. The van der Waals surface area contributed by atoms with Crippen LogP contribution in [0.5, 0.6) is 11.5 Å². The van der Waals surface area contributed by atoms with Gasteiger partial charge in [-0.25, -0.2) is 4.39 Å². The topological polar surface area (TPSA) is 51.0 Å². The Hall–Kier alpha value is -1.97. The first kappa shape index (κ1) is 9.58. The van der Waals surface area contributed by atoms with Crippen molar-refractivity contribution in [3.05, 3.63) is 42.0 Å². The average molecular weight is 206 g/mol. The highest BCUT2D eigenvalue weighted by molar-refractivity contribution is 5.44. The van der Waals surface area contributed by atoms with Gasteiger partial charge in [0, 0.05) is 18.0 Å². The number of aryl methyl sites for hydroxylation is 1. The Kier molecular flexibility index (Phi) is 2.33. The lowest BCUT2D eigenvalue weighted by Crippen LogP contribution is -1.91. The van der Waals surface area contributed by atoms with Gasteiger partial charge < -0.3 is 15.5 Å². The molecule has 0 amide bonds. The molecule has 78 valence electrons. The Morgan fingerprint density at radius 1 is 1.27 bits per heavy atom. The molecule has 1 heterocycles. The van der Waals surface area contributed by atoms with Crippen molar-refractivity contribution in [2.24, 2.45) is 0 Å². The van der Waals surface area contributed by atoms with Crippen molar-refractivity contribution in [2.45, 2.75) is 6.92 Å². The van der Waals surface area contributed by atoms with Gasteiger partial charge in [-0.2, -0.15) is 0 Å². The van der Waals surface area contributed by atoms with E-state index in [1.807, 2.05) is 6.92 Å². The average Bonchev–Trinajstić information content (AvgIpc) is 2.57. The minimum atomic E-state index is -0.462. The Morgan fingerprint density at radius 3 is 2.67 bits per heavy atom. The van der Waals surface area contributed by atoms with Crippen LogP contribution in [0.1, 0.15) is 5.69 Å². The molecule has 0 aliphatic rings. The van der Waals surface area contributed by atoms with Gasteiger partial charge in [0.1, 0.15) is 5.75 Å². The number of nitrogens with two attached hydrogens (primary N) is 1. The van der Waals surface area contributed by atoms with Crippen LogP contribution in [0.2, 0.25) is 0 Å². The fraction of sp³-hybridized carbons (Fsp3) is 0.0909. The molecule has 3 nitrogen and oxygen atoms in total. The highest BCUT2D eigenvalue weighted by Gasteiger charge is 2.07. The van der Waals surface area contributed by atoms with E-state index >= 15 is 0 Å². The number of aromatic amines is 1. The number of hydrogen-bond acceptors (Lipinski definition) is 2. The van der Waals surface area contributed by atoms with Gasteiger partial charge in [-0.05, 0) is 25.1 Å². The van der Waals surface area contributed by atoms with E-state index in [-0.39, 0.29) is 5.75 Å². The summed E-state index contributed by atoms with van der Waals surface area (Å²) >= 11 is 0. The van der Waals surface area contributed by atoms with Gasteiger partial charge in [0.05, 0.1) is 5.69 Å². The van der Waals surface area contributed by atoms with Gasteiger partial charge in [0.25, 0.3) is 0 Å². The number of H-pyrrole nitrogens is 1. The predicted octanol–water partition coefficient (Wildman–Crippen LogP) is 2.84. The number of nitrogen functional groups attached to an aromatic ring is 1. The Morgan fingerprint density at radius 2 is 2.07 bits per heavy atom. The highest BCUT2D eigenvalue weighted by atomic mass is 19.1.